The molecule has 6 nitrogen and oxygen atoms in total. The molecule has 0 aromatic rings. The third-order valence-electron chi connectivity index (χ3n) is 10.4. The van der Waals surface area contributed by atoms with Gasteiger partial charge in [0.25, 0.3) is 0 Å². The number of unbranched alkanes of at least 4 members (excludes halogenated alkanes) is 14. The van der Waals surface area contributed by atoms with Crippen molar-refractivity contribution in [1.82, 2.24) is 0 Å². The third-order valence-corrected chi connectivity index (χ3v) is 10.4. The average Bonchev–Trinajstić information content (AvgIpc) is 3.30. The number of ether oxygens (including phenoxy) is 3. The molecule has 0 aliphatic heterocycles. The summed E-state index contributed by atoms with van der Waals surface area (Å²) in [6.07, 6.45) is 71.9. The second-order valence-electron chi connectivity index (χ2n) is 16.7. The van der Waals surface area contributed by atoms with Gasteiger partial charge in [-0.1, -0.05) is 200 Å². The molecule has 0 aliphatic carbocycles. The van der Waals surface area contributed by atoms with E-state index in [1.54, 1.807) is 0 Å². The van der Waals surface area contributed by atoms with Crippen molar-refractivity contribution < 1.29 is 28.6 Å². The molecule has 0 aromatic heterocycles. The van der Waals surface area contributed by atoms with E-state index in [-0.39, 0.29) is 44.0 Å². The lowest BCUT2D eigenvalue weighted by molar-refractivity contribution is -0.166. The predicted molar refractivity (Wildman–Crippen MR) is 279 cm³/mol. The van der Waals surface area contributed by atoms with Gasteiger partial charge in [0.15, 0.2) is 6.10 Å². The fourth-order valence-corrected chi connectivity index (χ4v) is 6.51. The van der Waals surface area contributed by atoms with Gasteiger partial charge >= 0.3 is 17.9 Å². The van der Waals surface area contributed by atoms with E-state index >= 15 is 0 Å². The molecule has 0 fully saturated rings. The van der Waals surface area contributed by atoms with Gasteiger partial charge in [0.1, 0.15) is 13.2 Å². The van der Waals surface area contributed by atoms with Crippen molar-refractivity contribution in [2.75, 3.05) is 13.2 Å². The standard InChI is InChI=1S/C59H94O6/c1-4-7-10-13-16-19-22-24-26-28-29-31-32-34-37-40-43-46-49-52-58(61)64-55-56(54-63-57(60)51-48-45-42-39-36-21-18-15-12-9-6-3)65-59(62)53-50-47-44-41-38-35-33-30-27-25-23-20-17-14-11-8-5-2/h7,10,15-20,24-27,29,31,33-35,37,43,46,56H,4-6,8-9,11-14,21-23,28,30,32,36,38-42,44-45,47-55H2,1-3H3/b10-7-,18-15-,19-16-,20-17-,26-24-,27-25-,31-29-,35-33-,37-34-,46-43-/t56-/m0/s1. The maximum atomic E-state index is 12.8. The van der Waals surface area contributed by atoms with Crippen LogP contribution in [0.5, 0.6) is 0 Å². The van der Waals surface area contributed by atoms with Crippen LogP contribution >= 0.6 is 0 Å². The first-order chi connectivity index (χ1) is 32.0. The van der Waals surface area contributed by atoms with Gasteiger partial charge in [-0.05, 0) is 116 Å². The Labute approximate surface area is 399 Å². The molecule has 0 N–H and O–H groups in total. The van der Waals surface area contributed by atoms with E-state index in [9.17, 15) is 14.4 Å². The van der Waals surface area contributed by atoms with E-state index in [0.29, 0.717) is 12.8 Å². The van der Waals surface area contributed by atoms with Gasteiger partial charge in [-0.25, -0.2) is 0 Å². The smallest absolute Gasteiger partial charge is 0.306 e. The zero-order valence-corrected chi connectivity index (χ0v) is 41.7. The van der Waals surface area contributed by atoms with Crippen LogP contribution in [0.2, 0.25) is 0 Å². The fraction of sp³-hybridized carbons (Fsp3) is 0.610. The van der Waals surface area contributed by atoms with E-state index in [2.05, 4.69) is 130 Å². The van der Waals surface area contributed by atoms with Crippen molar-refractivity contribution in [1.29, 1.82) is 0 Å². The van der Waals surface area contributed by atoms with Crippen LogP contribution < -0.4 is 0 Å². The molecule has 0 radical (unpaired) electrons. The summed E-state index contributed by atoms with van der Waals surface area (Å²) in [5.41, 5.74) is 0. The first-order valence-electron chi connectivity index (χ1n) is 26.0. The van der Waals surface area contributed by atoms with Crippen molar-refractivity contribution in [2.24, 2.45) is 0 Å². The number of rotatable bonds is 45. The SMILES string of the molecule is CC/C=C\C/C=C\C/C=C\C/C=C\C/C=C\C/C=C\CCC(=O)OC[C@H](COC(=O)CCCCCCC/C=C\CCCC)OC(=O)CCCCCC/C=C\C/C=C\C/C=C\CCCCC. The summed E-state index contributed by atoms with van der Waals surface area (Å²) in [5, 5.41) is 0. The molecular weight excluding hydrogens is 805 g/mol. The molecule has 0 saturated heterocycles. The molecule has 6 heteroatoms. The highest BCUT2D eigenvalue weighted by Gasteiger charge is 2.19. The first kappa shape index (κ1) is 60.8. The molecule has 0 bridgehead atoms. The maximum Gasteiger partial charge on any atom is 0.306 e. The van der Waals surface area contributed by atoms with Crippen molar-refractivity contribution in [3.63, 3.8) is 0 Å². The van der Waals surface area contributed by atoms with E-state index in [1.165, 1.54) is 51.4 Å². The van der Waals surface area contributed by atoms with Gasteiger partial charge in [0, 0.05) is 19.3 Å². The summed E-state index contributed by atoms with van der Waals surface area (Å²) in [7, 11) is 0. The second-order valence-corrected chi connectivity index (χ2v) is 16.7. The lowest BCUT2D eigenvalue weighted by Crippen LogP contribution is -2.30. The van der Waals surface area contributed by atoms with Gasteiger partial charge < -0.3 is 14.2 Å². The van der Waals surface area contributed by atoms with E-state index in [0.717, 1.165) is 116 Å². The number of allylic oxidation sites excluding steroid dienone is 20. The third kappa shape index (κ3) is 50.7. The molecule has 1 atom stereocenters. The first-order valence-corrected chi connectivity index (χ1v) is 26.0. The molecule has 0 unspecified atom stereocenters. The van der Waals surface area contributed by atoms with Crippen LogP contribution in [0.25, 0.3) is 0 Å². The predicted octanol–water partition coefficient (Wildman–Crippen LogP) is 17.3. The zero-order chi connectivity index (χ0) is 47.2. The summed E-state index contributed by atoms with van der Waals surface area (Å²) >= 11 is 0. The molecule has 65 heavy (non-hydrogen) atoms. The van der Waals surface area contributed by atoms with Gasteiger partial charge in [-0.15, -0.1) is 0 Å². The highest BCUT2D eigenvalue weighted by atomic mass is 16.6. The van der Waals surface area contributed by atoms with Crippen LogP contribution in [0.3, 0.4) is 0 Å². The van der Waals surface area contributed by atoms with Crippen LogP contribution in [0, 0.1) is 0 Å². The van der Waals surface area contributed by atoms with Crippen LogP contribution in [-0.2, 0) is 28.6 Å². The Bertz CT molecular complexity index is 1400. The van der Waals surface area contributed by atoms with Crippen molar-refractivity contribution in [3.05, 3.63) is 122 Å². The number of carbonyl (C=O) groups is 3. The molecule has 0 aromatic carbocycles. The molecule has 0 saturated carbocycles. The van der Waals surface area contributed by atoms with E-state index < -0.39 is 6.10 Å². The van der Waals surface area contributed by atoms with Gasteiger partial charge in [-0.2, -0.15) is 0 Å². The minimum absolute atomic E-state index is 0.118. The highest BCUT2D eigenvalue weighted by molar-refractivity contribution is 5.71. The summed E-state index contributed by atoms with van der Waals surface area (Å²) in [6.45, 7) is 6.34. The second kappa shape index (κ2) is 52.4. The van der Waals surface area contributed by atoms with Crippen molar-refractivity contribution >= 4 is 17.9 Å². The Balaban J connectivity index is 4.55. The average molecular weight is 899 g/mol. The van der Waals surface area contributed by atoms with E-state index in [4.69, 9.17) is 14.2 Å². The lowest BCUT2D eigenvalue weighted by Gasteiger charge is -2.18. The monoisotopic (exact) mass is 899 g/mol. The number of hydrogen-bond acceptors (Lipinski definition) is 6. The van der Waals surface area contributed by atoms with Crippen molar-refractivity contribution in [2.45, 2.75) is 219 Å². The summed E-state index contributed by atoms with van der Waals surface area (Å²) in [4.78, 5) is 37.9. The van der Waals surface area contributed by atoms with Crippen molar-refractivity contribution in [3.8, 4) is 0 Å². The number of hydrogen-bond donors (Lipinski definition) is 0. The summed E-state index contributed by atoms with van der Waals surface area (Å²) < 4.78 is 16.7. The van der Waals surface area contributed by atoms with Crippen LogP contribution in [0.1, 0.15) is 213 Å². The Kier molecular flexibility index (Phi) is 49.1. The molecule has 0 amide bonds. The Morgan fingerprint density at radius 3 is 1.09 bits per heavy atom. The number of carbonyl (C=O) groups excluding carboxylic acids is 3. The highest BCUT2D eigenvalue weighted by Crippen LogP contribution is 2.12. The topological polar surface area (TPSA) is 78.9 Å². The minimum atomic E-state index is -0.826. The molecule has 366 valence electrons. The summed E-state index contributed by atoms with van der Waals surface area (Å²) in [6, 6.07) is 0. The molecular formula is C59H94O6. The Hall–Kier alpha value is -4.19. The van der Waals surface area contributed by atoms with Gasteiger partial charge in [-0.3, -0.25) is 14.4 Å². The maximum absolute atomic E-state index is 12.8. The Morgan fingerprint density at radius 1 is 0.323 bits per heavy atom. The van der Waals surface area contributed by atoms with E-state index in [1.807, 2.05) is 12.2 Å². The lowest BCUT2D eigenvalue weighted by atomic mass is 10.1. The quantitative estimate of drug-likeness (QED) is 0.0262. The molecule has 0 heterocycles. The number of esters is 3. The van der Waals surface area contributed by atoms with Crippen LogP contribution in [0.15, 0.2) is 122 Å². The van der Waals surface area contributed by atoms with Crippen LogP contribution in [0.4, 0.5) is 0 Å². The molecule has 0 spiro atoms. The fourth-order valence-electron chi connectivity index (χ4n) is 6.51. The largest absolute Gasteiger partial charge is 0.462 e. The Morgan fingerprint density at radius 2 is 0.646 bits per heavy atom. The summed E-state index contributed by atoms with van der Waals surface area (Å²) in [5.74, 6) is -1.05. The minimum Gasteiger partial charge on any atom is -0.462 e. The zero-order valence-electron chi connectivity index (χ0n) is 41.7. The normalized spacial score (nSPS) is 13.1. The van der Waals surface area contributed by atoms with Gasteiger partial charge in [0.2, 0.25) is 0 Å². The molecule has 0 rings (SSSR count). The van der Waals surface area contributed by atoms with Crippen LogP contribution in [-0.4, -0.2) is 37.2 Å². The van der Waals surface area contributed by atoms with Gasteiger partial charge in [0.05, 0.1) is 0 Å². The molecule has 0 aliphatic rings.